The van der Waals surface area contributed by atoms with E-state index in [1.807, 2.05) is 0 Å². The molecule has 0 unspecified atom stereocenters. The first-order valence-electron chi connectivity index (χ1n) is 11.2. The number of rotatable bonds is 10. The largest absolute Gasteiger partial charge is 0.490 e. The number of anilines is 1. The Kier molecular flexibility index (Phi) is 10.7. The van der Waals surface area contributed by atoms with E-state index in [-0.39, 0.29) is 0 Å². The van der Waals surface area contributed by atoms with Gasteiger partial charge >= 0.3 is 18.1 Å². The fourth-order valence-corrected chi connectivity index (χ4v) is 3.62. The zero-order valence-electron chi connectivity index (χ0n) is 18.7. The second kappa shape index (κ2) is 13.5. The predicted molar refractivity (Wildman–Crippen MR) is 119 cm³/mol. The Morgan fingerprint density at radius 2 is 1.68 bits per heavy atom. The van der Waals surface area contributed by atoms with Crippen molar-refractivity contribution >= 4 is 17.8 Å². The molecule has 2 aromatic rings. The summed E-state index contributed by atoms with van der Waals surface area (Å²) in [6.45, 7) is 1.02. The van der Waals surface area contributed by atoms with Crippen LogP contribution in [0.2, 0.25) is 0 Å². The standard InChI is InChI=1S/C21H28N4O2.C2HF3O2/c26-21(27)19(17-13-22-15-23-14-17)9-5-3-1-2-4-8-18-11-10-16-7-6-12-24-20(16)25-18;3-2(4,5)1(6)7/h10-11,13-15,19H,1-9,12H2,(H,24,25)(H,26,27);(H,6,7)/t19-;/m1./s1. The van der Waals surface area contributed by atoms with E-state index < -0.39 is 24.0 Å². The maximum absolute atomic E-state index is 11.5. The fraction of sp³-hybridized carbons (Fsp3) is 0.522. The normalized spacial score (nSPS) is 13.6. The molecular formula is C23H29F3N4O4. The number of hydrogen-bond donors (Lipinski definition) is 3. The smallest absolute Gasteiger partial charge is 0.481 e. The number of pyridine rings is 1. The molecule has 8 nitrogen and oxygen atoms in total. The van der Waals surface area contributed by atoms with Crippen LogP contribution in [0.5, 0.6) is 0 Å². The van der Waals surface area contributed by atoms with Crippen LogP contribution in [0.15, 0.2) is 30.9 Å². The summed E-state index contributed by atoms with van der Waals surface area (Å²) in [4.78, 5) is 32.9. The van der Waals surface area contributed by atoms with Crippen molar-refractivity contribution in [2.45, 2.75) is 69.9 Å². The lowest BCUT2D eigenvalue weighted by atomic mass is 9.95. The molecule has 1 aliphatic rings. The highest BCUT2D eigenvalue weighted by Crippen LogP contribution is 2.23. The van der Waals surface area contributed by atoms with Crippen molar-refractivity contribution < 1.29 is 33.0 Å². The van der Waals surface area contributed by atoms with Gasteiger partial charge in [0.1, 0.15) is 12.1 Å². The summed E-state index contributed by atoms with van der Waals surface area (Å²) in [7, 11) is 0. The summed E-state index contributed by atoms with van der Waals surface area (Å²) >= 11 is 0. The van der Waals surface area contributed by atoms with Crippen LogP contribution in [0.4, 0.5) is 19.0 Å². The van der Waals surface area contributed by atoms with E-state index in [1.165, 1.54) is 18.3 Å². The van der Waals surface area contributed by atoms with Gasteiger partial charge in [0, 0.05) is 30.2 Å². The monoisotopic (exact) mass is 482 g/mol. The average Bonchev–Trinajstić information content (AvgIpc) is 2.81. The number of hydrogen-bond acceptors (Lipinski definition) is 6. The van der Waals surface area contributed by atoms with Gasteiger partial charge in [0.25, 0.3) is 0 Å². The number of halogens is 3. The lowest BCUT2D eigenvalue weighted by Gasteiger charge is -2.17. The van der Waals surface area contributed by atoms with Crippen molar-refractivity contribution in [1.82, 2.24) is 15.0 Å². The first kappa shape index (κ1) is 27.0. The van der Waals surface area contributed by atoms with Crippen LogP contribution in [-0.2, 0) is 22.4 Å². The number of unbranched alkanes of at least 4 members (excludes halogenated alkanes) is 4. The molecule has 1 aliphatic heterocycles. The van der Waals surface area contributed by atoms with Crippen molar-refractivity contribution in [3.8, 4) is 0 Å². The molecule has 0 spiro atoms. The Morgan fingerprint density at radius 1 is 1.03 bits per heavy atom. The molecule has 0 radical (unpaired) electrons. The molecular weight excluding hydrogens is 453 g/mol. The van der Waals surface area contributed by atoms with Crippen molar-refractivity contribution in [1.29, 1.82) is 0 Å². The molecule has 0 amide bonds. The van der Waals surface area contributed by atoms with Gasteiger partial charge in [-0.1, -0.05) is 31.7 Å². The van der Waals surface area contributed by atoms with Crippen LogP contribution in [0.25, 0.3) is 0 Å². The third-order valence-corrected chi connectivity index (χ3v) is 5.40. The average molecular weight is 483 g/mol. The van der Waals surface area contributed by atoms with E-state index in [9.17, 15) is 23.1 Å². The van der Waals surface area contributed by atoms with Gasteiger partial charge in [-0.05, 0) is 43.7 Å². The van der Waals surface area contributed by atoms with Crippen LogP contribution >= 0.6 is 0 Å². The Morgan fingerprint density at radius 3 is 2.32 bits per heavy atom. The number of alkyl halides is 3. The van der Waals surface area contributed by atoms with Gasteiger partial charge in [-0.15, -0.1) is 0 Å². The number of aromatic nitrogens is 3. The number of aliphatic carboxylic acids is 2. The maximum atomic E-state index is 11.5. The van der Waals surface area contributed by atoms with E-state index in [0.717, 1.165) is 63.0 Å². The van der Waals surface area contributed by atoms with E-state index in [0.29, 0.717) is 12.0 Å². The van der Waals surface area contributed by atoms with Crippen molar-refractivity contribution in [3.63, 3.8) is 0 Å². The highest BCUT2D eigenvalue weighted by atomic mass is 19.4. The molecule has 3 rings (SSSR count). The van der Waals surface area contributed by atoms with Gasteiger partial charge in [-0.25, -0.2) is 19.7 Å². The van der Waals surface area contributed by atoms with Crippen molar-refractivity contribution in [3.05, 3.63) is 47.7 Å². The molecule has 0 aromatic carbocycles. The molecule has 186 valence electrons. The van der Waals surface area contributed by atoms with Crippen LogP contribution in [-0.4, -0.2) is 49.8 Å². The second-order valence-electron chi connectivity index (χ2n) is 8.01. The Hall–Kier alpha value is -3.24. The summed E-state index contributed by atoms with van der Waals surface area (Å²) in [5.41, 5.74) is 3.19. The Bertz CT molecular complexity index is 926. The molecule has 2 aromatic heterocycles. The van der Waals surface area contributed by atoms with Crippen LogP contribution in [0.1, 0.15) is 67.7 Å². The zero-order valence-corrected chi connectivity index (χ0v) is 18.7. The summed E-state index contributed by atoms with van der Waals surface area (Å²) in [5.74, 6) is -2.98. The summed E-state index contributed by atoms with van der Waals surface area (Å²) in [5, 5.41) is 19.9. The number of nitrogens with zero attached hydrogens (tertiary/aromatic N) is 3. The topological polar surface area (TPSA) is 125 Å². The molecule has 0 saturated carbocycles. The van der Waals surface area contributed by atoms with Crippen LogP contribution < -0.4 is 5.32 Å². The molecule has 34 heavy (non-hydrogen) atoms. The van der Waals surface area contributed by atoms with Gasteiger partial charge in [0.05, 0.1) is 5.92 Å². The number of carboxylic acids is 2. The van der Waals surface area contributed by atoms with E-state index in [4.69, 9.17) is 14.9 Å². The number of fused-ring (bicyclic) bond motifs is 1. The maximum Gasteiger partial charge on any atom is 0.490 e. The van der Waals surface area contributed by atoms with E-state index in [1.54, 1.807) is 12.4 Å². The van der Waals surface area contributed by atoms with Gasteiger partial charge in [-0.3, -0.25) is 4.79 Å². The Balaban J connectivity index is 0.000000509. The highest BCUT2D eigenvalue weighted by Gasteiger charge is 2.38. The van der Waals surface area contributed by atoms with Gasteiger partial charge in [0.15, 0.2) is 0 Å². The minimum absolute atomic E-state index is 0.501. The lowest BCUT2D eigenvalue weighted by Crippen LogP contribution is -2.21. The van der Waals surface area contributed by atoms with Crippen molar-refractivity contribution in [2.24, 2.45) is 0 Å². The van der Waals surface area contributed by atoms with Crippen LogP contribution in [0, 0.1) is 0 Å². The van der Waals surface area contributed by atoms with E-state index >= 15 is 0 Å². The number of carboxylic acid groups (broad SMARTS) is 2. The third-order valence-electron chi connectivity index (χ3n) is 5.40. The van der Waals surface area contributed by atoms with Gasteiger partial charge in [-0.2, -0.15) is 13.2 Å². The second-order valence-corrected chi connectivity index (χ2v) is 8.01. The lowest BCUT2D eigenvalue weighted by molar-refractivity contribution is -0.192. The number of carbonyl (C=O) groups is 2. The summed E-state index contributed by atoms with van der Waals surface area (Å²) in [6.07, 6.45) is 8.88. The SMILES string of the molecule is O=C(O)C(F)(F)F.O=C(O)[C@H](CCCCCCCc1ccc2c(n1)NCCC2)c1cncnc1. The van der Waals surface area contributed by atoms with Crippen molar-refractivity contribution in [2.75, 3.05) is 11.9 Å². The first-order valence-corrected chi connectivity index (χ1v) is 11.2. The predicted octanol–water partition coefficient (Wildman–Crippen LogP) is 4.61. The quantitative estimate of drug-likeness (QED) is 0.419. The summed E-state index contributed by atoms with van der Waals surface area (Å²) in [6, 6.07) is 4.37. The number of aryl methyl sites for hydroxylation is 2. The van der Waals surface area contributed by atoms with Gasteiger partial charge in [0.2, 0.25) is 0 Å². The molecule has 3 heterocycles. The molecule has 0 saturated heterocycles. The number of nitrogens with one attached hydrogen (secondary N) is 1. The molecule has 0 fully saturated rings. The zero-order chi connectivity index (χ0) is 25.0. The molecule has 3 N–H and O–H groups in total. The van der Waals surface area contributed by atoms with Crippen LogP contribution in [0.3, 0.4) is 0 Å². The Labute approximate surface area is 195 Å². The highest BCUT2D eigenvalue weighted by molar-refractivity contribution is 5.75. The molecule has 0 aliphatic carbocycles. The third kappa shape index (κ3) is 9.32. The van der Waals surface area contributed by atoms with Gasteiger partial charge < -0.3 is 15.5 Å². The molecule has 1 atom stereocenters. The van der Waals surface area contributed by atoms with E-state index in [2.05, 4.69) is 27.4 Å². The minimum atomic E-state index is -5.08. The fourth-order valence-electron chi connectivity index (χ4n) is 3.62. The minimum Gasteiger partial charge on any atom is -0.481 e. The molecule has 0 bridgehead atoms. The molecule has 11 heteroatoms. The first-order chi connectivity index (χ1) is 16.2. The summed E-state index contributed by atoms with van der Waals surface area (Å²) < 4.78 is 31.7.